The van der Waals surface area contributed by atoms with Crippen LogP contribution in [0.25, 0.3) is 0 Å². The molecular formula is C32H37N3O6S. The monoisotopic (exact) mass is 591 g/mol. The van der Waals surface area contributed by atoms with Crippen LogP contribution in [0.2, 0.25) is 0 Å². The third-order valence-corrected chi connectivity index (χ3v) is 9.21. The molecule has 222 valence electrons. The molecule has 9 nitrogen and oxygen atoms in total. The van der Waals surface area contributed by atoms with Crippen LogP contribution in [0.15, 0.2) is 83.8 Å². The Bertz CT molecular complexity index is 1340. The van der Waals surface area contributed by atoms with Crippen molar-refractivity contribution in [3.63, 3.8) is 0 Å². The highest BCUT2D eigenvalue weighted by atomic mass is 32.2. The molecule has 2 aliphatic heterocycles. The van der Waals surface area contributed by atoms with E-state index >= 15 is 0 Å². The van der Waals surface area contributed by atoms with Gasteiger partial charge >= 0.3 is 12.1 Å². The van der Waals surface area contributed by atoms with E-state index in [1.807, 2.05) is 36.4 Å². The third-order valence-electron chi connectivity index (χ3n) is 7.67. The summed E-state index contributed by atoms with van der Waals surface area (Å²) in [5, 5.41) is 2.76. The normalized spacial score (nSPS) is 20.4. The largest absolute Gasteiger partial charge is 0.497 e. The molecule has 0 radical (unpaired) electrons. The van der Waals surface area contributed by atoms with Gasteiger partial charge in [-0.25, -0.2) is 4.79 Å². The quantitative estimate of drug-likeness (QED) is 0.333. The van der Waals surface area contributed by atoms with Crippen LogP contribution < -0.4 is 19.7 Å². The second-order valence-electron chi connectivity index (χ2n) is 10.3. The first-order valence-corrected chi connectivity index (χ1v) is 15.0. The molecule has 1 amide bonds. The molecule has 2 unspecified atom stereocenters. The predicted octanol–water partition coefficient (Wildman–Crippen LogP) is 5.31. The molecule has 5 rings (SSSR count). The first kappa shape index (κ1) is 29.6. The van der Waals surface area contributed by atoms with Gasteiger partial charge in [0, 0.05) is 37.6 Å². The number of carbonyl (C=O) groups is 2. The topological polar surface area (TPSA) is 89.6 Å². The maximum absolute atomic E-state index is 13.7. The van der Waals surface area contributed by atoms with E-state index in [0.29, 0.717) is 30.0 Å². The van der Waals surface area contributed by atoms with Gasteiger partial charge in [-0.2, -0.15) is 0 Å². The number of benzene rings is 3. The number of carbonyl (C=O) groups excluding carboxylic acids is 2. The van der Waals surface area contributed by atoms with Crippen LogP contribution in [0.3, 0.4) is 0 Å². The zero-order valence-electron chi connectivity index (χ0n) is 24.0. The summed E-state index contributed by atoms with van der Waals surface area (Å²) >= 11 is 1.32. The number of rotatable bonds is 9. The highest BCUT2D eigenvalue weighted by Gasteiger charge is 2.52. The van der Waals surface area contributed by atoms with E-state index in [-0.39, 0.29) is 6.61 Å². The summed E-state index contributed by atoms with van der Waals surface area (Å²) < 4.78 is 21.7. The molecule has 3 aromatic carbocycles. The standard InChI is InChI=1S/C32H37N3O6S/c1-38-26-14-15-27-28(22-26)42-32(30(36)39-2,29(23-40-27)41-31(37)33-24-10-5-3-6-11-24)16-9-17-34-18-20-35(21-19-34)25-12-7-4-8-13-25/h3-8,10-15,22,29H,9,16-21,23H2,1-2H3,(H,33,37). The van der Waals surface area contributed by atoms with Crippen LogP contribution in [0.1, 0.15) is 12.8 Å². The van der Waals surface area contributed by atoms with Crippen molar-refractivity contribution in [3.05, 3.63) is 78.9 Å². The number of amides is 1. The van der Waals surface area contributed by atoms with Gasteiger partial charge < -0.3 is 23.8 Å². The third kappa shape index (κ3) is 6.94. The van der Waals surface area contributed by atoms with Gasteiger partial charge in [-0.05, 0) is 61.9 Å². The fourth-order valence-electron chi connectivity index (χ4n) is 5.40. The van der Waals surface area contributed by atoms with Gasteiger partial charge in [-0.1, -0.05) is 48.2 Å². The van der Waals surface area contributed by atoms with Gasteiger partial charge in [0.15, 0.2) is 10.9 Å². The van der Waals surface area contributed by atoms with Crippen LogP contribution >= 0.6 is 11.8 Å². The first-order chi connectivity index (χ1) is 20.5. The summed E-state index contributed by atoms with van der Waals surface area (Å²) in [7, 11) is 2.96. The summed E-state index contributed by atoms with van der Waals surface area (Å²) in [6, 6.07) is 24.9. The zero-order chi connectivity index (χ0) is 29.4. The van der Waals surface area contributed by atoms with Crippen molar-refractivity contribution in [3.8, 4) is 11.5 Å². The number of para-hydroxylation sites is 2. The van der Waals surface area contributed by atoms with E-state index in [2.05, 4.69) is 39.4 Å². The lowest BCUT2D eigenvalue weighted by Crippen LogP contribution is -2.52. The smallest absolute Gasteiger partial charge is 0.412 e. The second-order valence-corrected chi connectivity index (χ2v) is 11.6. The number of piperazine rings is 1. The number of thioether (sulfide) groups is 1. The fourth-order valence-corrected chi connectivity index (χ4v) is 6.85. The molecule has 42 heavy (non-hydrogen) atoms. The molecule has 2 atom stereocenters. The summed E-state index contributed by atoms with van der Waals surface area (Å²) in [5.41, 5.74) is 1.83. The van der Waals surface area contributed by atoms with Crippen molar-refractivity contribution in [1.29, 1.82) is 0 Å². The Morgan fingerprint density at radius 3 is 2.38 bits per heavy atom. The number of methoxy groups -OCH3 is 2. The maximum atomic E-state index is 13.7. The van der Waals surface area contributed by atoms with Gasteiger partial charge in [0.05, 0.1) is 19.1 Å². The Morgan fingerprint density at radius 2 is 1.69 bits per heavy atom. The number of hydrogen-bond donors (Lipinski definition) is 1. The van der Waals surface area contributed by atoms with Crippen LogP contribution in [0.4, 0.5) is 16.2 Å². The van der Waals surface area contributed by atoms with Gasteiger partial charge in [0.25, 0.3) is 0 Å². The highest BCUT2D eigenvalue weighted by molar-refractivity contribution is 8.01. The predicted molar refractivity (Wildman–Crippen MR) is 164 cm³/mol. The Balaban J connectivity index is 1.33. The molecule has 10 heteroatoms. The molecule has 0 saturated carbocycles. The molecule has 1 N–H and O–H groups in total. The molecular weight excluding hydrogens is 554 g/mol. The summed E-state index contributed by atoms with van der Waals surface area (Å²) in [6.45, 7) is 4.53. The van der Waals surface area contributed by atoms with Crippen LogP contribution in [0, 0.1) is 0 Å². The molecule has 1 fully saturated rings. The molecule has 3 aromatic rings. The average molecular weight is 592 g/mol. The lowest BCUT2D eigenvalue weighted by atomic mass is 9.95. The lowest BCUT2D eigenvalue weighted by molar-refractivity contribution is -0.147. The van der Waals surface area contributed by atoms with Gasteiger partial charge in [0.2, 0.25) is 0 Å². The zero-order valence-corrected chi connectivity index (χ0v) is 24.8. The van der Waals surface area contributed by atoms with Crippen molar-refractivity contribution in [2.45, 2.75) is 28.6 Å². The number of nitrogens with zero attached hydrogens (tertiary/aromatic N) is 2. The Hall–Kier alpha value is -3.89. The first-order valence-electron chi connectivity index (χ1n) is 14.1. The summed E-state index contributed by atoms with van der Waals surface area (Å²) in [6.07, 6.45) is -0.448. The van der Waals surface area contributed by atoms with Gasteiger partial charge in [0.1, 0.15) is 18.1 Å². The summed E-state index contributed by atoms with van der Waals surface area (Å²) in [4.78, 5) is 32.3. The molecule has 2 aliphatic rings. The Kier molecular flexibility index (Phi) is 9.76. The van der Waals surface area contributed by atoms with Crippen molar-refractivity contribution in [2.24, 2.45) is 0 Å². The van der Waals surface area contributed by atoms with E-state index in [1.165, 1.54) is 24.6 Å². The minimum atomic E-state index is -1.23. The number of fused-ring (bicyclic) bond motifs is 1. The maximum Gasteiger partial charge on any atom is 0.412 e. The molecule has 0 bridgehead atoms. The number of ether oxygens (including phenoxy) is 4. The molecule has 1 saturated heterocycles. The number of nitrogens with one attached hydrogen (secondary N) is 1. The minimum absolute atomic E-state index is 0.000607. The van der Waals surface area contributed by atoms with Crippen molar-refractivity contribution in [1.82, 2.24) is 4.90 Å². The number of hydrogen-bond acceptors (Lipinski definition) is 9. The van der Waals surface area contributed by atoms with Crippen LogP contribution in [-0.4, -0.2) is 81.4 Å². The van der Waals surface area contributed by atoms with E-state index in [1.54, 1.807) is 25.3 Å². The Labute approximate surface area is 251 Å². The van der Waals surface area contributed by atoms with E-state index in [0.717, 1.165) is 37.6 Å². The lowest BCUT2D eigenvalue weighted by Gasteiger charge is -2.38. The van der Waals surface area contributed by atoms with E-state index in [4.69, 9.17) is 18.9 Å². The van der Waals surface area contributed by atoms with Crippen molar-refractivity contribution >= 4 is 35.2 Å². The molecule has 0 spiro atoms. The van der Waals surface area contributed by atoms with Crippen molar-refractivity contribution < 1.29 is 28.5 Å². The van der Waals surface area contributed by atoms with E-state index < -0.39 is 22.9 Å². The minimum Gasteiger partial charge on any atom is -0.497 e. The SMILES string of the molecule is COC(=O)C1(CCCN2CCN(c3ccccc3)CC2)Sc2cc(OC)ccc2OCC1OC(=O)Nc1ccccc1. The summed E-state index contributed by atoms with van der Waals surface area (Å²) in [5.74, 6) is 0.778. The fraction of sp³-hybridized carbons (Fsp3) is 0.375. The highest BCUT2D eigenvalue weighted by Crippen LogP contribution is 2.48. The number of anilines is 2. The van der Waals surface area contributed by atoms with Gasteiger partial charge in [-0.15, -0.1) is 0 Å². The van der Waals surface area contributed by atoms with Crippen LogP contribution in [0.5, 0.6) is 11.5 Å². The Morgan fingerprint density at radius 1 is 0.976 bits per heavy atom. The molecule has 2 heterocycles. The van der Waals surface area contributed by atoms with Crippen LogP contribution in [-0.2, 0) is 14.3 Å². The molecule has 0 aliphatic carbocycles. The van der Waals surface area contributed by atoms with Gasteiger partial charge in [-0.3, -0.25) is 15.0 Å². The second kappa shape index (κ2) is 13.8. The van der Waals surface area contributed by atoms with E-state index in [9.17, 15) is 9.59 Å². The average Bonchev–Trinajstić information content (AvgIpc) is 3.18. The molecule has 0 aromatic heterocycles. The van der Waals surface area contributed by atoms with Crippen molar-refractivity contribution in [2.75, 3.05) is 63.8 Å². The number of esters is 1.